The van der Waals surface area contributed by atoms with E-state index in [1.807, 2.05) is 44.2 Å². The number of aromatic nitrogens is 1. The molecule has 3 heterocycles. The van der Waals surface area contributed by atoms with Gasteiger partial charge in [-0.3, -0.25) is 9.36 Å². The lowest BCUT2D eigenvalue weighted by molar-refractivity contribution is -0.136. The number of carboxylic acid groups (broad SMARTS) is 1. The van der Waals surface area contributed by atoms with Crippen LogP contribution in [0.2, 0.25) is 0 Å². The minimum absolute atomic E-state index is 0.158. The molecular formula is C29H24N2O6S. The van der Waals surface area contributed by atoms with Gasteiger partial charge in [-0.25, -0.2) is 14.6 Å². The van der Waals surface area contributed by atoms with Gasteiger partial charge in [0.15, 0.2) is 4.80 Å². The highest BCUT2D eigenvalue weighted by atomic mass is 32.1. The molecule has 1 atom stereocenters. The summed E-state index contributed by atoms with van der Waals surface area (Å²) in [4.78, 5) is 43.1. The number of thiazole rings is 1. The largest absolute Gasteiger partial charge is 0.478 e. The zero-order valence-corrected chi connectivity index (χ0v) is 21.7. The first-order valence-corrected chi connectivity index (χ1v) is 12.8. The van der Waals surface area contributed by atoms with Crippen molar-refractivity contribution in [2.45, 2.75) is 26.3 Å². The lowest BCUT2D eigenvalue weighted by Gasteiger charge is -2.25. The summed E-state index contributed by atoms with van der Waals surface area (Å²) in [5, 5.41) is 9.35. The molecule has 8 nitrogen and oxygen atoms in total. The van der Waals surface area contributed by atoms with Gasteiger partial charge in [0.2, 0.25) is 0 Å². The number of fused-ring (bicyclic) bond motifs is 1. The molecule has 0 unspecified atom stereocenters. The van der Waals surface area contributed by atoms with Crippen LogP contribution in [0.4, 0.5) is 0 Å². The van der Waals surface area contributed by atoms with E-state index < -0.39 is 18.0 Å². The van der Waals surface area contributed by atoms with Gasteiger partial charge in [-0.05, 0) is 48.7 Å². The van der Waals surface area contributed by atoms with Crippen LogP contribution in [0.5, 0.6) is 0 Å². The Balaban J connectivity index is 1.65. The summed E-state index contributed by atoms with van der Waals surface area (Å²) in [7, 11) is 1.32. The monoisotopic (exact) mass is 528 g/mol. The maximum Gasteiger partial charge on any atom is 0.338 e. The maximum atomic E-state index is 13.7. The molecule has 1 aliphatic rings. The quantitative estimate of drug-likeness (QED) is 0.378. The van der Waals surface area contributed by atoms with E-state index in [4.69, 9.17) is 9.15 Å². The third-order valence-electron chi connectivity index (χ3n) is 6.42. The number of hydrogen-bond acceptors (Lipinski definition) is 7. The van der Waals surface area contributed by atoms with Crippen LogP contribution in [0.15, 0.2) is 86.1 Å². The molecule has 192 valence electrons. The van der Waals surface area contributed by atoms with Crippen molar-refractivity contribution in [1.29, 1.82) is 0 Å². The predicted molar refractivity (Wildman–Crippen MR) is 143 cm³/mol. The Morgan fingerprint density at radius 3 is 2.61 bits per heavy atom. The normalized spacial score (nSPS) is 15.2. The number of allylic oxidation sites excluding steroid dienone is 1. The number of carboxylic acids is 1. The molecule has 4 aromatic rings. The number of hydrogen-bond donors (Lipinski definition) is 1. The van der Waals surface area contributed by atoms with E-state index in [0.29, 0.717) is 44.1 Å². The lowest BCUT2D eigenvalue weighted by atomic mass is 9.95. The summed E-state index contributed by atoms with van der Waals surface area (Å²) in [5.41, 5.74) is 3.07. The third-order valence-corrected chi connectivity index (χ3v) is 7.40. The number of nitrogens with zero attached hydrogens (tertiary/aromatic N) is 2. The summed E-state index contributed by atoms with van der Waals surface area (Å²) in [5.74, 6) is -0.620. The van der Waals surface area contributed by atoms with Crippen molar-refractivity contribution in [2.24, 2.45) is 4.99 Å². The van der Waals surface area contributed by atoms with Crippen molar-refractivity contribution in [3.8, 4) is 11.3 Å². The fourth-order valence-electron chi connectivity index (χ4n) is 4.54. The third kappa shape index (κ3) is 4.41. The Morgan fingerprint density at radius 1 is 1.16 bits per heavy atom. The van der Waals surface area contributed by atoms with E-state index in [1.54, 1.807) is 36.4 Å². The zero-order valence-electron chi connectivity index (χ0n) is 20.9. The summed E-state index contributed by atoms with van der Waals surface area (Å²) in [6.07, 6.45) is 2.13. The number of aryl methyl sites for hydroxylation is 1. The number of carbonyl (C=O) groups is 2. The van der Waals surface area contributed by atoms with Gasteiger partial charge in [0.1, 0.15) is 11.5 Å². The predicted octanol–water partition coefficient (Wildman–Crippen LogP) is 4.06. The van der Waals surface area contributed by atoms with Crippen LogP contribution in [0.1, 0.15) is 46.6 Å². The number of methoxy groups -OCH3 is 1. The first-order valence-electron chi connectivity index (χ1n) is 11.9. The molecule has 0 spiro atoms. The molecule has 1 N–H and O–H groups in total. The Bertz CT molecular complexity index is 1780. The second kappa shape index (κ2) is 10.1. The molecule has 0 radical (unpaired) electrons. The highest BCUT2D eigenvalue weighted by Gasteiger charge is 2.33. The van der Waals surface area contributed by atoms with Gasteiger partial charge in [-0.15, -0.1) is 0 Å². The van der Waals surface area contributed by atoms with Crippen LogP contribution in [0, 0.1) is 6.92 Å². The lowest BCUT2D eigenvalue weighted by Crippen LogP contribution is -2.40. The molecule has 9 heteroatoms. The first kappa shape index (κ1) is 25.2. The zero-order chi connectivity index (χ0) is 27.0. The number of benzene rings is 2. The fraction of sp³-hybridized carbons (Fsp3) is 0.172. The van der Waals surface area contributed by atoms with Gasteiger partial charge < -0.3 is 14.3 Å². The molecular weight excluding hydrogens is 504 g/mol. The average molecular weight is 529 g/mol. The number of carbonyl (C=O) groups excluding carboxylic acids is 1. The van der Waals surface area contributed by atoms with Gasteiger partial charge in [0.25, 0.3) is 5.56 Å². The van der Waals surface area contributed by atoms with Crippen LogP contribution in [-0.2, 0) is 9.53 Å². The number of ether oxygens (including phenoxy) is 1. The molecule has 0 saturated carbocycles. The minimum atomic E-state index is -1.02. The molecule has 0 aliphatic carbocycles. The number of esters is 1. The van der Waals surface area contributed by atoms with Crippen molar-refractivity contribution < 1.29 is 23.8 Å². The van der Waals surface area contributed by atoms with Gasteiger partial charge in [0.05, 0.1) is 34.5 Å². The summed E-state index contributed by atoms with van der Waals surface area (Å²) < 4.78 is 13.0. The minimum Gasteiger partial charge on any atom is -0.478 e. The van der Waals surface area contributed by atoms with Crippen molar-refractivity contribution >= 4 is 29.4 Å². The Hall–Kier alpha value is -4.50. The van der Waals surface area contributed by atoms with Crippen LogP contribution in [0.25, 0.3) is 17.4 Å². The van der Waals surface area contributed by atoms with Crippen LogP contribution < -0.4 is 14.9 Å². The van der Waals surface area contributed by atoms with E-state index in [0.717, 1.165) is 11.1 Å². The Kier molecular flexibility index (Phi) is 6.69. The van der Waals surface area contributed by atoms with E-state index >= 15 is 0 Å². The van der Waals surface area contributed by atoms with Crippen molar-refractivity contribution in [3.05, 3.63) is 114 Å². The number of aromatic carboxylic acids is 1. The Morgan fingerprint density at radius 2 is 1.92 bits per heavy atom. The summed E-state index contributed by atoms with van der Waals surface area (Å²) >= 11 is 1.21. The smallest absolute Gasteiger partial charge is 0.338 e. The average Bonchev–Trinajstić information content (AvgIpc) is 3.52. The summed E-state index contributed by atoms with van der Waals surface area (Å²) in [6, 6.07) is 17.0. The van der Waals surface area contributed by atoms with Gasteiger partial charge in [0, 0.05) is 11.6 Å². The highest BCUT2D eigenvalue weighted by Crippen LogP contribution is 2.32. The fourth-order valence-corrected chi connectivity index (χ4v) is 5.54. The molecule has 0 amide bonds. The summed E-state index contributed by atoms with van der Waals surface area (Å²) in [6.45, 7) is 3.78. The van der Waals surface area contributed by atoms with E-state index in [2.05, 4.69) is 4.99 Å². The van der Waals surface area contributed by atoms with Crippen LogP contribution in [-0.4, -0.2) is 28.7 Å². The van der Waals surface area contributed by atoms with Crippen LogP contribution in [0.3, 0.4) is 0 Å². The molecule has 5 rings (SSSR count). The molecule has 0 saturated heterocycles. The Labute approximate surface area is 221 Å². The first-order chi connectivity index (χ1) is 18.3. The maximum absolute atomic E-state index is 13.7. The molecule has 38 heavy (non-hydrogen) atoms. The van der Waals surface area contributed by atoms with Gasteiger partial charge in [-0.1, -0.05) is 54.7 Å². The van der Waals surface area contributed by atoms with E-state index in [9.17, 15) is 19.5 Å². The van der Waals surface area contributed by atoms with E-state index in [-0.39, 0.29) is 11.1 Å². The number of furan rings is 1. The van der Waals surface area contributed by atoms with Gasteiger partial charge >= 0.3 is 11.9 Å². The second-order valence-electron chi connectivity index (χ2n) is 8.74. The standard InChI is InChI=1S/C29H24N2O6S/c1-4-21-24(28(35)36-3)25(17-8-6-5-7-9-17)31-26(32)23(38-29(31)30-21)15-19-12-13-22(37-19)20-14-18(27(33)34)11-10-16(20)2/h5-15,25H,4H2,1-3H3,(H,33,34)/b23-15-/t25-/m1/s1. The van der Waals surface area contributed by atoms with Crippen molar-refractivity contribution in [1.82, 2.24) is 4.57 Å². The van der Waals surface area contributed by atoms with Crippen molar-refractivity contribution in [3.63, 3.8) is 0 Å². The molecule has 2 aromatic carbocycles. The van der Waals surface area contributed by atoms with Crippen LogP contribution >= 0.6 is 11.3 Å². The SMILES string of the molecule is CCC1=C(C(=O)OC)[C@@H](c2ccccc2)n2c(s/c(=C\c3ccc(-c4cc(C(=O)O)ccc4C)o3)c2=O)=N1. The van der Waals surface area contributed by atoms with Gasteiger partial charge in [-0.2, -0.15) is 0 Å². The highest BCUT2D eigenvalue weighted by molar-refractivity contribution is 7.07. The van der Waals surface area contributed by atoms with E-state index in [1.165, 1.54) is 23.0 Å². The number of rotatable bonds is 6. The molecule has 2 aromatic heterocycles. The van der Waals surface area contributed by atoms with Crippen molar-refractivity contribution in [2.75, 3.05) is 7.11 Å². The topological polar surface area (TPSA) is 111 Å². The second-order valence-corrected chi connectivity index (χ2v) is 9.74. The molecule has 1 aliphatic heterocycles. The molecule has 0 bridgehead atoms. The molecule has 0 fully saturated rings.